The number of carbonyl (C=O) groups is 1. The number of aliphatic imine (C=N–C) groups is 1. The fraction of sp³-hybridized carbons (Fsp3) is 0.200. The molecule has 0 radical (unpaired) electrons. The Hall–Kier alpha value is -5.41. The summed E-state index contributed by atoms with van der Waals surface area (Å²) in [5, 5.41) is 12.9. The van der Waals surface area contributed by atoms with Gasteiger partial charge in [-0.3, -0.25) is 10.2 Å². The first-order valence-electron chi connectivity index (χ1n) is 14.7. The molecule has 3 N–H and O–H groups in total. The van der Waals surface area contributed by atoms with E-state index in [1.54, 1.807) is 54.6 Å². The van der Waals surface area contributed by atoms with E-state index >= 15 is 0 Å². The van der Waals surface area contributed by atoms with Crippen molar-refractivity contribution in [2.45, 2.75) is 30.5 Å². The molecule has 4 aromatic rings. The maximum Gasteiger partial charge on any atom is 0.266 e. The summed E-state index contributed by atoms with van der Waals surface area (Å²) < 4.78 is 12.2. The molecule has 0 unspecified atom stereocenters. The van der Waals surface area contributed by atoms with Crippen LogP contribution in [-0.4, -0.2) is 35.7 Å². The van der Waals surface area contributed by atoms with Crippen LogP contribution in [0.3, 0.4) is 0 Å². The van der Waals surface area contributed by atoms with Crippen molar-refractivity contribution in [2.24, 2.45) is 10.1 Å². The molecule has 10 nitrogen and oxygen atoms in total. The van der Waals surface area contributed by atoms with Crippen molar-refractivity contribution in [3.05, 3.63) is 142 Å². The van der Waals surface area contributed by atoms with E-state index in [2.05, 4.69) is 39.6 Å². The first-order valence-corrected chi connectivity index (χ1v) is 14.7. The lowest BCUT2D eigenvalue weighted by atomic mass is 9.84. The van der Waals surface area contributed by atoms with Crippen LogP contribution in [0, 0.1) is 0 Å². The Bertz CT molecular complexity index is 1750. The molecule has 0 aromatic heterocycles. The minimum absolute atomic E-state index is 0.0452. The lowest BCUT2D eigenvalue weighted by Gasteiger charge is -2.31. The van der Waals surface area contributed by atoms with Crippen LogP contribution >= 0.6 is 0 Å². The van der Waals surface area contributed by atoms with E-state index in [1.807, 2.05) is 36.4 Å². The Labute approximate surface area is 260 Å². The highest BCUT2D eigenvalue weighted by Crippen LogP contribution is 2.46. The summed E-state index contributed by atoms with van der Waals surface area (Å²) in [5.41, 5.74) is 19.9. The quantitative estimate of drug-likeness (QED) is 0.0419. The number of nitrogens with zero attached hydrogens (tertiary/aromatic N) is 4. The zero-order valence-corrected chi connectivity index (χ0v) is 24.5. The maximum absolute atomic E-state index is 14.4. The smallest absolute Gasteiger partial charge is 0.266 e. The van der Waals surface area contributed by atoms with Crippen LogP contribution in [-0.2, 0) is 9.53 Å². The Morgan fingerprint density at radius 1 is 1.00 bits per heavy atom. The van der Waals surface area contributed by atoms with Gasteiger partial charge in [0.15, 0.2) is 11.6 Å². The van der Waals surface area contributed by atoms with Gasteiger partial charge in [-0.15, -0.1) is 6.58 Å². The standard InChI is InChI=1S/C35H32N6O4/c1-2-20-35(34(43)40-39-31-27-12-5-3-10-25(27)26-11-4-6-13-28(26)31)32(29-14-7-8-15-30(29)38-41-36)45-33(37-35)23-16-18-24(19-17-23)44-22-9-21-42/h2-8,10-19,31-32,39,42H,1,9,20-22H2,(H,40,43)/t32-,35-/m0/s1. The molecule has 0 saturated heterocycles. The number of azide groups is 1. The molecule has 2 atom stereocenters. The minimum Gasteiger partial charge on any atom is -0.494 e. The van der Waals surface area contributed by atoms with Gasteiger partial charge in [0.05, 0.1) is 12.6 Å². The first-order chi connectivity index (χ1) is 22.1. The third-order valence-electron chi connectivity index (χ3n) is 8.02. The van der Waals surface area contributed by atoms with Crippen molar-refractivity contribution in [1.29, 1.82) is 0 Å². The Morgan fingerprint density at radius 2 is 1.64 bits per heavy atom. The monoisotopic (exact) mass is 600 g/mol. The number of amides is 1. The molecule has 0 saturated carbocycles. The highest BCUT2D eigenvalue weighted by Gasteiger charge is 2.53. The van der Waals surface area contributed by atoms with Crippen LogP contribution in [0.4, 0.5) is 5.69 Å². The summed E-state index contributed by atoms with van der Waals surface area (Å²) in [5.74, 6) is 0.461. The van der Waals surface area contributed by atoms with E-state index in [0.717, 1.165) is 22.3 Å². The van der Waals surface area contributed by atoms with Gasteiger partial charge >= 0.3 is 0 Å². The largest absolute Gasteiger partial charge is 0.494 e. The predicted octanol–water partition coefficient (Wildman–Crippen LogP) is 6.61. The topological polar surface area (TPSA) is 141 Å². The molecule has 0 bridgehead atoms. The summed E-state index contributed by atoms with van der Waals surface area (Å²) in [6, 6.07) is 30.1. The van der Waals surface area contributed by atoms with E-state index in [1.165, 1.54) is 0 Å². The van der Waals surface area contributed by atoms with Crippen molar-refractivity contribution in [2.75, 3.05) is 13.2 Å². The number of hydrogen-bond acceptors (Lipinski definition) is 7. The van der Waals surface area contributed by atoms with Crippen molar-refractivity contribution in [3.8, 4) is 16.9 Å². The zero-order chi connectivity index (χ0) is 31.2. The number of ether oxygens (including phenoxy) is 2. The van der Waals surface area contributed by atoms with Gasteiger partial charge in [0.25, 0.3) is 5.91 Å². The van der Waals surface area contributed by atoms with Crippen LogP contribution in [0.2, 0.25) is 0 Å². The van der Waals surface area contributed by atoms with Crippen molar-refractivity contribution < 1.29 is 19.4 Å². The van der Waals surface area contributed by atoms with E-state index < -0.39 is 17.6 Å². The molecule has 45 heavy (non-hydrogen) atoms. The van der Waals surface area contributed by atoms with Gasteiger partial charge in [-0.2, -0.15) is 0 Å². The van der Waals surface area contributed by atoms with Gasteiger partial charge in [-0.1, -0.05) is 84.0 Å². The van der Waals surface area contributed by atoms with E-state index in [9.17, 15) is 10.3 Å². The number of hydrogen-bond donors (Lipinski definition) is 3. The fourth-order valence-electron chi connectivity index (χ4n) is 5.92. The van der Waals surface area contributed by atoms with Crippen molar-refractivity contribution in [3.63, 3.8) is 0 Å². The van der Waals surface area contributed by atoms with Gasteiger partial charge in [0.1, 0.15) is 5.75 Å². The van der Waals surface area contributed by atoms with E-state index in [0.29, 0.717) is 35.6 Å². The number of hydrazine groups is 1. The third kappa shape index (κ3) is 5.65. The highest BCUT2D eigenvalue weighted by atomic mass is 16.5. The first kappa shape index (κ1) is 29.7. The molecule has 0 spiro atoms. The summed E-state index contributed by atoms with van der Waals surface area (Å²) in [7, 11) is 0. The number of benzene rings is 4. The van der Waals surface area contributed by atoms with E-state index in [-0.39, 0.29) is 25.0 Å². The molecule has 226 valence electrons. The molecule has 1 aliphatic heterocycles. The third-order valence-corrected chi connectivity index (χ3v) is 8.02. The average molecular weight is 601 g/mol. The number of fused-ring (bicyclic) bond motifs is 3. The van der Waals surface area contributed by atoms with Crippen LogP contribution in [0.15, 0.2) is 120 Å². The van der Waals surface area contributed by atoms with Crippen LogP contribution in [0.25, 0.3) is 21.6 Å². The lowest BCUT2D eigenvalue weighted by molar-refractivity contribution is -0.130. The Kier molecular flexibility index (Phi) is 8.61. The second kappa shape index (κ2) is 13.1. The summed E-state index contributed by atoms with van der Waals surface area (Å²) in [6.07, 6.45) is 1.36. The number of aliphatic hydroxyl groups is 1. The number of rotatable bonds is 12. The summed E-state index contributed by atoms with van der Waals surface area (Å²) in [4.78, 5) is 22.4. The van der Waals surface area contributed by atoms with Gasteiger partial charge in [0.2, 0.25) is 5.90 Å². The molecule has 1 heterocycles. The molecule has 2 aliphatic rings. The van der Waals surface area contributed by atoms with Crippen LogP contribution in [0.1, 0.15) is 47.2 Å². The number of carbonyl (C=O) groups excluding carboxylic acids is 1. The second-order valence-corrected chi connectivity index (χ2v) is 10.7. The van der Waals surface area contributed by atoms with Gasteiger partial charge in [-0.05, 0) is 52.1 Å². The summed E-state index contributed by atoms with van der Waals surface area (Å²) in [6.45, 7) is 4.37. The lowest BCUT2D eigenvalue weighted by Crippen LogP contribution is -2.53. The normalized spacial score (nSPS) is 18.2. The van der Waals surface area contributed by atoms with Gasteiger partial charge < -0.3 is 14.6 Å². The molecular weight excluding hydrogens is 568 g/mol. The minimum atomic E-state index is -1.49. The van der Waals surface area contributed by atoms with Crippen molar-refractivity contribution >= 4 is 17.5 Å². The highest BCUT2D eigenvalue weighted by molar-refractivity contribution is 6.01. The molecule has 4 aromatic carbocycles. The van der Waals surface area contributed by atoms with Gasteiger partial charge in [0, 0.05) is 41.2 Å². The average Bonchev–Trinajstić information content (AvgIpc) is 3.61. The molecule has 6 rings (SSSR count). The number of aliphatic hydroxyl groups excluding tert-OH is 1. The summed E-state index contributed by atoms with van der Waals surface area (Å²) >= 11 is 0. The zero-order valence-electron chi connectivity index (χ0n) is 24.5. The molecule has 1 aliphatic carbocycles. The SMILES string of the molecule is C=CC[C@]1(C(=O)NNC2c3ccccc3-c3ccccc32)N=C(c2ccc(OCCCO)cc2)O[C@H]1c1ccccc1N=[N+]=[N-]. The molecular formula is C35H32N6O4. The molecule has 10 heteroatoms. The van der Waals surface area contributed by atoms with Crippen LogP contribution < -0.4 is 15.6 Å². The second-order valence-electron chi connectivity index (χ2n) is 10.7. The number of nitrogens with one attached hydrogen (secondary N) is 2. The van der Waals surface area contributed by atoms with Crippen LogP contribution in [0.5, 0.6) is 5.75 Å². The maximum atomic E-state index is 14.4. The predicted molar refractivity (Wildman–Crippen MR) is 172 cm³/mol. The van der Waals surface area contributed by atoms with E-state index in [4.69, 9.17) is 19.6 Å². The molecule has 1 amide bonds. The Balaban J connectivity index is 1.36. The van der Waals surface area contributed by atoms with Gasteiger partial charge in [-0.25, -0.2) is 10.4 Å². The van der Waals surface area contributed by atoms with Crippen molar-refractivity contribution in [1.82, 2.24) is 10.9 Å². The molecule has 0 fully saturated rings. The fourth-order valence-corrected chi connectivity index (χ4v) is 5.92. The Morgan fingerprint density at radius 3 is 2.29 bits per heavy atom.